The average molecular weight is 360 g/mol. The molecule has 0 aromatic carbocycles. The summed E-state index contributed by atoms with van der Waals surface area (Å²) in [4.78, 5) is 13.1. The third-order valence-corrected chi connectivity index (χ3v) is 5.93. The zero-order valence-electron chi connectivity index (χ0n) is 15.5. The van der Waals surface area contributed by atoms with E-state index in [4.69, 9.17) is 5.73 Å². The first-order valence-corrected chi connectivity index (χ1v) is 9.68. The molecule has 4 aromatic heterocycles. The first-order chi connectivity index (χ1) is 13.2. The van der Waals surface area contributed by atoms with Crippen LogP contribution in [0.15, 0.2) is 43.1 Å². The molecule has 4 aromatic rings. The van der Waals surface area contributed by atoms with Crippen LogP contribution in [-0.2, 0) is 6.42 Å². The molecule has 0 amide bonds. The molecule has 1 saturated carbocycles. The second-order valence-electron chi connectivity index (χ2n) is 7.77. The van der Waals surface area contributed by atoms with E-state index in [1.165, 1.54) is 31.2 Å². The summed E-state index contributed by atoms with van der Waals surface area (Å²) in [6, 6.07) is 7.00. The maximum Gasteiger partial charge on any atom is 0.145 e. The van der Waals surface area contributed by atoms with Crippen molar-refractivity contribution in [2.45, 2.75) is 45.1 Å². The zero-order valence-corrected chi connectivity index (χ0v) is 15.5. The average Bonchev–Trinajstić information content (AvgIpc) is 3.36. The van der Waals surface area contributed by atoms with Crippen LogP contribution in [0.1, 0.15) is 43.0 Å². The van der Waals surface area contributed by atoms with Crippen molar-refractivity contribution in [2.24, 2.45) is 5.92 Å². The molecule has 0 saturated heterocycles. The van der Waals surface area contributed by atoms with Gasteiger partial charge in [-0.15, -0.1) is 0 Å². The number of nitrogens with two attached hydrogens (primary N) is 1. The van der Waals surface area contributed by atoms with Crippen molar-refractivity contribution < 1.29 is 0 Å². The van der Waals surface area contributed by atoms with Crippen LogP contribution >= 0.6 is 0 Å². The van der Waals surface area contributed by atoms with Crippen LogP contribution in [-0.4, -0.2) is 23.9 Å². The van der Waals surface area contributed by atoms with E-state index in [9.17, 15) is 0 Å². The second kappa shape index (κ2) is 6.37. The second-order valence-corrected chi connectivity index (χ2v) is 7.77. The number of nitrogens with zero attached hydrogens (tertiary/aromatic N) is 5. The molecule has 0 aliphatic heterocycles. The number of pyridine rings is 1. The van der Waals surface area contributed by atoms with E-state index in [1.54, 1.807) is 6.33 Å². The van der Waals surface area contributed by atoms with Gasteiger partial charge >= 0.3 is 0 Å². The number of aromatic nitrogens is 5. The normalized spacial score (nSPS) is 20.0. The highest BCUT2D eigenvalue weighted by molar-refractivity contribution is 5.86. The summed E-state index contributed by atoms with van der Waals surface area (Å²) in [6.07, 6.45) is 13.9. The Bertz CT molecular complexity index is 1110. The molecule has 0 bridgehead atoms. The van der Waals surface area contributed by atoms with E-state index < -0.39 is 0 Å². The molecule has 6 heteroatoms. The third kappa shape index (κ3) is 2.95. The number of fused-ring (bicyclic) bond motifs is 2. The highest BCUT2D eigenvalue weighted by Gasteiger charge is 2.27. The molecular formula is C21H24N6. The molecule has 6 nitrogen and oxygen atoms in total. The van der Waals surface area contributed by atoms with E-state index in [0.29, 0.717) is 11.9 Å². The van der Waals surface area contributed by atoms with Gasteiger partial charge in [0.2, 0.25) is 0 Å². The quantitative estimate of drug-likeness (QED) is 0.598. The minimum atomic E-state index is 0.513. The largest absolute Gasteiger partial charge is 0.383 e. The lowest BCUT2D eigenvalue weighted by atomic mass is 9.98. The van der Waals surface area contributed by atoms with Crippen LogP contribution in [0.3, 0.4) is 0 Å². The summed E-state index contributed by atoms with van der Waals surface area (Å²) in [6.45, 7) is 2.04. The van der Waals surface area contributed by atoms with E-state index in [0.717, 1.165) is 34.7 Å². The summed E-state index contributed by atoms with van der Waals surface area (Å²) < 4.78 is 4.39. The maximum absolute atomic E-state index is 5.98. The molecule has 5 rings (SSSR count). The lowest BCUT2D eigenvalue weighted by molar-refractivity contribution is 0.461. The van der Waals surface area contributed by atoms with Gasteiger partial charge in [0.15, 0.2) is 0 Å². The monoisotopic (exact) mass is 360 g/mol. The smallest absolute Gasteiger partial charge is 0.145 e. The number of imidazole rings is 1. The van der Waals surface area contributed by atoms with Gasteiger partial charge in [-0.05, 0) is 68.7 Å². The fourth-order valence-corrected chi connectivity index (χ4v) is 4.53. The predicted molar refractivity (Wildman–Crippen MR) is 107 cm³/mol. The van der Waals surface area contributed by atoms with Gasteiger partial charge in [0.25, 0.3) is 0 Å². The van der Waals surface area contributed by atoms with Crippen LogP contribution in [0.25, 0.3) is 16.7 Å². The van der Waals surface area contributed by atoms with Crippen molar-refractivity contribution in [1.82, 2.24) is 23.9 Å². The molecule has 138 valence electrons. The van der Waals surface area contributed by atoms with Gasteiger partial charge in [-0.3, -0.25) is 0 Å². The number of hydrogen-bond donors (Lipinski definition) is 1. The fraction of sp³-hybridized carbons (Fsp3) is 0.381. The summed E-state index contributed by atoms with van der Waals surface area (Å²) >= 11 is 0. The zero-order chi connectivity index (χ0) is 18.4. The summed E-state index contributed by atoms with van der Waals surface area (Å²) in [5, 5.41) is 0.962. The van der Waals surface area contributed by atoms with Crippen molar-refractivity contribution in [2.75, 3.05) is 5.73 Å². The minimum Gasteiger partial charge on any atom is -0.383 e. The first kappa shape index (κ1) is 16.3. The van der Waals surface area contributed by atoms with E-state index >= 15 is 0 Å². The molecular weight excluding hydrogens is 336 g/mol. The first-order valence-electron chi connectivity index (χ1n) is 9.68. The highest BCUT2D eigenvalue weighted by atomic mass is 15.1. The van der Waals surface area contributed by atoms with E-state index in [-0.39, 0.29) is 0 Å². The van der Waals surface area contributed by atoms with Gasteiger partial charge in [-0.1, -0.05) is 0 Å². The highest BCUT2D eigenvalue weighted by Crippen LogP contribution is 2.38. The number of hydrogen-bond acceptors (Lipinski definition) is 4. The van der Waals surface area contributed by atoms with E-state index in [2.05, 4.69) is 54.6 Å². The van der Waals surface area contributed by atoms with Gasteiger partial charge in [0.1, 0.15) is 23.4 Å². The molecule has 0 unspecified atom stereocenters. The Labute approximate surface area is 158 Å². The Morgan fingerprint density at radius 1 is 1.19 bits per heavy atom. The van der Waals surface area contributed by atoms with Crippen LogP contribution in [0.4, 0.5) is 5.82 Å². The molecule has 1 aliphatic rings. The van der Waals surface area contributed by atoms with Crippen LogP contribution in [0.5, 0.6) is 0 Å². The van der Waals surface area contributed by atoms with Crippen LogP contribution < -0.4 is 5.73 Å². The van der Waals surface area contributed by atoms with E-state index in [1.807, 2.05) is 13.0 Å². The Morgan fingerprint density at radius 3 is 3.04 bits per heavy atom. The molecule has 1 aliphatic carbocycles. The molecule has 27 heavy (non-hydrogen) atoms. The SMILES string of the molecule is Cc1cn2ccc(CC[C@@H]3CC[C@H](n4ccc5c(N)ncnc54)C3)cc2n1. The number of rotatable bonds is 4. The minimum absolute atomic E-state index is 0.513. The molecule has 4 heterocycles. The fourth-order valence-electron chi connectivity index (χ4n) is 4.53. The summed E-state index contributed by atoms with van der Waals surface area (Å²) in [7, 11) is 0. The number of anilines is 1. The Balaban J connectivity index is 1.27. The predicted octanol–water partition coefficient (Wildman–Crippen LogP) is 3.94. The number of aryl methyl sites for hydroxylation is 2. The Morgan fingerprint density at radius 2 is 2.11 bits per heavy atom. The van der Waals surface area contributed by atoms with Crippen LogP contribution in [0.2, 0.25) is 0 Å². The Kier molecular flexibility index (Phi) is 3.85. The van der Waals surface area contributed by atoms with Gasteiger partial charge in [-0.2, -0.15) is 0 Å². The number of nitrogen functional groups attached to an aromatic ring is 1. The van der Waals surface area contributed by atoms with Gasteiger partial charge < -0.3 is 14.7 Å². The molecule has 0 radical (unpaired) electrons. The third-order valence-electron chi connectivity index (χ3n) is 5.93. The van der Waals surface area contributed by atoms with Gasteiger partial charge in [0, 0.05) is 24.6 Å². The lowest BCUT2D eigenvalue weighted by Gasteiger charge is -2.14. The Hall–Kier alpha value is -2.89. The van der Waals surface area contributed by atoms with Crippen molar-refractivity contribution in [3.63, 3.8) is 0 Å². The molecule has 0 spiro atoms. The van der Waals surface area contributed by atoms with Crippen molar-refractivity contribution in [3.8, 4) is 0 Å². The molecule has 2 atom stereocenters. The van der Waals surface area contributed by atoms with Gasteiger partial charge in [0.05, 0.1) is 11.1 Å². The van der Waals surface area contributed by atoms with Gasteiger partial charge in [-0.25, -0.2) is 15.0 Å². The summed E-state index contributed by atoms with van der Waals surface area (Å²) in [5.74, 6) is 1.32. The maximum atomic E-state index is 5.98. The van der Waals surface area contributed by atoms with Crippen molar-refractivity contribution >= 4 is 22.5 Å². The summed E-state index contributed by atoms with van der Waals surface area (Å²) in [5.41, 5.74) is 10.4. The van der Waals surface area contributed by atoms with Crippen LogP contribution in [0, 0.1) is 12.8 Å². The molecule has 1 fully saturated rings. The standard InChI is InChI=1S/C21H24N6/c1-14-12-26-8-6-16(11-19(26)25-14)3-2-15-4-5-17(10-15)27-9-7-18-20(22)23-13-24-21(18)27/h6-9,11-13,15,17H,2-5,10H2,1H3,(H2,22,23,24)/t15-,17+/m1/s1. The molecule has 2 N–H and O–H groups in total. The lowest BCUT2D eigenvalue weighted by Crippen LogP contribution is -2.06. The van der Waals surface area contributed by atoms with Crippen molar-refractivity contribution in [3.05, 3.63) is 54.4 Å². The van der Waals surface area contributed by atoms with Crippen molar-refractivity contribution in [1.29, 1.82) is 0 Å². The topological polar surface area (TPSA) is 74.0 Å².